The van der Waals surface area contributed by atoms with Crippen molar-refractivity contribution in [3.63, 3.8) is 0 Å². The molecule has 214 valence electrons. The van der Waals surface area contributed by atoms with Gasteiger partial charge in [0.05, 0.1) is 12.6 Å². The van der Waals surface area contributed by atoms with Crippen molar-refractivity contribution in [1.29, 1.82) is 0 Å². The summed E-state index contributed by atoms with van der Waals surface area (Å²) in [5.41, 5.74) is 11.3. The molecule has 4 amide bonds. The lowest BCUT2D eigenvalue weighted by Gasteiger charge is -2.28. The van der Waals surface area contributed by atoms with Gasteiger partial charge in [0.1, 0.15) is 24.2 Å². The highest BCUT2D eigenvalue weighted by atomic mass is 32.1. The molecule has 37 heavy (non-hydrogen) atoms. The highest BCUT2D eigenvalue weighted by Crippen LogP contribution is 2.09. The van der Waals surface area contributed by atoms with Crippen molar-refractivity contribution in [1.82, 2.24) is 21.3 Å². The molecule has 0 rings (SSSR count). The van der Waals surface area contributed by atoms with Crippen LogP contribution in [-0.2, 0) is 24.0 Å². The number of hydrogen-bond acceptors (Lipinski definition) is 9. The van der Waals surface area contributed by atoms with Crippen LogP contribution in [0.1, 0.15) is 53.4 Å². The van der Waals surface area contributed by atoms with E-state index in [2.05, 4.69) is 33.9 Å². The minimum Gasteiger partial charge on any atom is -0.480 e. The van der Waals surface area contributed by atoms with Gasteiger partial charge < -0.3 is 42.9 Å². The minimum atomic E-state index is -1.53. The Labute approximate surface area is 223 Å². The predicted octanol–water partition coefficient (Wildman–Crippen LogP) is -1.91. The first-order valence-electron chi connectivity index (χ1n) is 12.4. The minimum absolute atomic E-state index is 0.0432. The molecule has 5 unspecified atom stereocenters. The maximum absolute atomic E-state index is 13.1. The molecule has 0 saturated carbocycles. The molecular weight excluding hydrogens is 504 g/mol. The molecule has 0 saturated heterocycles. The first kappa shape index (κ1) is 34.6. The van der Waals surface area contributed by atoms with Crippen molar-refractivity contribution in [2.75, 3.05) is 18.9 Å². The van der Waals surface area contributed by atoms with Gasteiger partial charge in [-0.15, -0.1) is 0 Å². The Balaban J connectivity index is 5.41. The zero-order valence-corrected chi connectivity index (χ0v) is 22.9. The van der Waals surface area contributed by atoms with Crippen molar-refractivity contribution in [3.05, 3.63) is 0 Å². The van der Waals surface area contributed by atoms with E-state index in [4.69, 9.17) is 16.6 Å². The van der Waals surface area contributed by atoms with Gasteiger partial charge in [-0.1, -0.05) is 34.1 Å². The van der Waals surface area contributed by atoms with Crippen LogP contribution in [0.3, 0.4) is 0 Å². The Kier molecular flexibility index (Phi) is 16.8. The number of carboxylic acids is 1. The molecule has 0 radical (unpaired) electrons. The zero-order chi connectivity index (χ0) is 28.7. The van der Waals surface area contributed by atoms with E-state index in [1.54, 1.807) is 13.8 Å². The Hall–Kier alpha value is -2.42. The summed E-state index contributed by atoms with van der Waals surface area (Å²) >= 11 is 4.13. The van der Waals surface area contributed by atoms with E-state index >= 15 is 0 Å². The number of amides is 4. The maximum atomic E-state index is 13.1. The van der Waals surface area contributed by atoms with Crippen molar-refractivity contribution >= 4 is 42.2 Å². The number of thiol groups is 1. The van der Waals surface area contributed by atoms with Crippen molar-refractivity contribution in [3.8, 4) is 0 Å². The first-order valence-corrected chi connectivity index (χ1v) is 13.0. The van der Waals surface area contributed by atoms with E-state index in [9.17, 15) is 29.1 Å². The summed E-state index contributed by atoms with van der Waals surface area (Å²) in [7, 11) is 0. The number of hydrogen-bond donors (Lipinski definition) is 9. The molecule has 5 atom stereocenters. The Morgan fingerprint density at radius 3 is 1.81 bits per heavy atom. The number of carbonyl (C=O) groups is 5. The van der Waals surface area contributed by atoms with Crippen LogP contribution in [0.2, 0.25) is 0 Å². The van der Waals surface area contributed by atoms with Gasteiger partial charge in [-0.25, -0.2) is 4.79 Å². The average Bonchev–Trinajstić information content (AvgIpc) is 2.82. The first-order chi connectivity index (χ1) is 17.3. The molecule has 0 aromatic rings. The molecule has 0 spiro atoms. The summed E-state index contributed by atoms with van der Waals surface area (Å²) in [4.78, 5) is 62.2. The molecular formula is C23H44N6O7S. The highest BCUT2D eigenvalue weighted by molar-refractivity contribution is 7.80. The fourth-order valence-corrected chi connectivity index (χ4v) is 3.58. The molecule has 0 fully saturated rings. The summed E-state index contributed by atoms with van der Waals surface area (Å²) in [5, 5.41) is 28.2. The van der Waals surface area contributed by atoms with Gasteiger partial charge >= 0.3 is 5.97 Å². The predicted molar refractivity (Wildman–Crippen MR) is 141 cm³/mol. The topological polar surface area (TPSA) is 226 Å². The van der Waals surface area contributed by atoms with Gasteiger partial charge in [0.15, 0.2) is 0 Å². The number of unbranched alkanes of at least 4 members (excludes halogenated alkanes) is 1. The number of carbonyl (C=O) groups excluding carboxylic acids is 4. The fourth-order valence-electron chi connectivity index (χ4n) is 3.32. The van der Waals surface area contributed by atoms with Crippen LogP contribution < -0.4 is 32.7 Å². The van der Waals surface area contributed by atoms with Crippen LogP contribution in [0, 0.1) is 11.8 Å². The second-order valence-electron chi connectivity index (χ2n) is 9.64. The van der Waals surface area contributed by atoms with Gasteiger partial charge in [0, 0.05) is 5.75 Å². The van der Waals surface area contributed by atoms with E-state index in [0.29, 0.717) is 19.4 Å². The maximum Gasteiger partial charge on any atom is 0.328 e. The number of nitrogens with two attached hydrogens (primary N) is 2. The third-order valence-corrected chi connectivity index (χ3v) is 5.87. The third kappa shape index (κ3) is 13.1. The lowest BCUT2D eigenvalue weighted by molar-refractivity contribution is -0.143. The summed E-state index contributed by atoms with van der Waals surface area (Å²) in [6, 6.07) is -5.58. The summed E-state index contributed by atoms with van der Waals surface area (Å²) in [6.07, 6.45) is 1.97. The van der Waals surface area contributed by atoms with E-state index in [1.165, 1.54) is 0 Å². The highest BCUT2D eigenvalue weighted by Gasteiger charge is 2.33. The summed E-state index contributed by atoms with van der Waals surface area (Å²) < 4.78 is 0. The van der Waals surface area contributed by atoms with Crippen molar-refractivity contribution < 1.29 is 34.2 Å². The molecule has 0 aliphatic rings. The largest absolute Gasteiger partial charge is 0.480 e. The molecule has 0 aromatic heterocycles. The van der Waals surface area contributed by atoms with Gasteiger partial charge in [-0.3, -0.25) is 19.2 Å². The normalized spacial score (nSPS) is 15.3. The molecule has 0 aromatic carbocycles. The fraction of sp³-hybridized carbons (Fsp3) is 0.783. The second kappa shape index (κ2) is 17.9. The standard InChI is InChI=1S/C23H44N6O7S/c1-12(2)9-15(20(32)27-16(10-30)23(35)36)26-22(34)18(13(3)4)29-21(33)17(11-37)28-19(31)14(25)7-5-6-8-24/h12-18,30,37H,5-11,24-25H2,1-4H3,(H,26,34)(H,27,32)(H,28,31)(H,29,33)(H,35,36). The number of rotatable bonds is 18. The monoisotopic (exact) mass is 548 g/mol. The van der Waals surface area contributed by atoms with Gasteiger partial charge in [-0.05, 0) is 37.6 Å². The Morgan fingerprint density at radius 1 is 0.811 bits per heavy atom. The number of nitrogens with one attached hydrogen (secondary N) is 4. The van der Waals surface area contributed by atoms with E-state index in [0.717, 1.165) is 6.42 Å². The molecule has 14 heteroatoms. The molecule has 0 bridgehead atoms. The number of carboxylic acid groups (broad SMARTS) is 1. The van der Waals surface area contributed by atoms with E-state index in [-0.39, 0.29) is 18.1 Å². The molecule has 10 N–H and O–H groups in total. The Bertz CT molecular complexity index is 768. The van der Waals surface area contributed by atoms with Crippen LogP contribution in [0.4, 0.5) is 0 Å². The van der Waals surface area contributed by atoms with Crippen LogP contribution in [0.25, 0.3) is 0 Å². The second-order valence-corrected chi connectivity index (χ2v) is 10.0. The summed E-state index contributed by atoms with van der Waals surface area (Å²) in [6.45, 7) is 6.68. The van der Waals surface area contributed by atoms with Crippen LogP contribution in [0.15, 0.2) is 0 Å². The smallest absolute Gasteiger partial charge is 0.328 e. The van der Waals surface area contributed by atoms with E-state index < -0.39 is 72.3 Å². The van der Waals surface area contributed by atoms with E-state index in [1.807, 2.05) is 13.8 Å². The van der Waals surface area contributed by atoms with Crippen molar-refractivity contribution in [2.24, 2.45) is 23.3 Å². The average molecular weight is 549 g/mol. The third-order valence-electron chi connectivity index (χ3n) is 5.51. The van der Waals surface area contributed by atoms with Gasteiger partial charge in [0.25, 0.3) is 0 Å². The lowest BCUT2D eigenvalue weighted by atomic mass is 9.99. The van der Waals surface area contributed by atoms with Crippen molar-refractivity contribution in [2.45, 2.75) is 83.6 Å². The quantitative estimate of drug-likeness (QED) is 0.0687. The molecule has 0 heterocycles. The van der Waals surface area contributed by atoms with Crippen LogP contribution in [0.5, 0.6) is 0 Å². The SMILES string of the molecule is CC(C)CC(NC(=O)C(NC(=O)C(CS)NC(=O)C(N)CCCCN)C(C)C)C(=O)NC(CO)C(=O)O. The Morgan fingerprint density at radius 2 is 1.35 bits per heavy atom. The molecule has 0 aliphatic carbocycles. The number of aliphatic hydroxyl groups excluding tert-OH is 1. The molecule has 13 nitrogen and oxygen atoms in total. The van der Waals surface area contributed by atoms with Crippen LogP contribution in [-0.4, -0.2) is 88.9 Å². The number of aliphatic hydroxyl groups is 1. The van der Waals surface area contributed by atoms with Gasteiger partial charge in [0.2, 0.25) is 23.6 Å². The zero-order valence-electron chi connectivity index (χ0n) is 22.0. The van der Waals surface area contributed by atoms with Crippen LogP contribution >= 0.6 is 12.6 Å². The van der Waals surface area contributed by atoms with Gasteiger partial charge in [-0.2, -0.15) is 12.6 Å². The molecule has 0 aliphatic heterocycles. The lowest BCUT2D eigenvalue weighted by Crippen LogP contribution is -2.60. The number of aliphatic carboxylic acids is 1. The summed E-state index contributed by atoms with van der Waals surface area (Å²) in [5.74, 6) is -4.52.